The van der Waals surface area contributed by atoms with Crippen LogP contribution < -0.4 is 0 Å². The normalized spacial score (nSPS) is 25.5. The van der Waals surface area contributed by atoms with Gasteiger partial charge in [-0.2, -0.15) is 0 Å². The van der Waals surface area contributed by atoms with Crippen molar-refractivity contribution in [2.75, 3.05) is 6.61 Å². The third-order valence-electron chi connectivity index (χ3n) is 2.11. The van der Waals surface area contributed by atoms with Crippen molar-refractivity contribution in [2.45, 2.75) is 20.8 Å². The Labute approximate surface area is 67.2 Å². The summed E-state index contributed by atoms with van der Waals surface area (Å²) < 4.78 is 4.87. The number of hydrogen-bond acceptors (Lipinski definition) is 2. The van der Waals surface area contributed by atoms with E-state index >= 15 is 0 Å². The quantitative estimate of drug-likeness (QED) is 0.392. The van der Waals surface area contributed by atoms with Gasteiger partial charge in [0, 0.05) is 11.5 Å². The molecule has 1 aliphatic rings. The maximum Gasteiger partial charge on any atom is 0.333 e. The molecule has 1 aliphatic heterocycles. The molecule has 0 saturated carbocycles. The highest BCUT2D eigenvalue weighted by Gasteiger charge is 2.36. The molecule has 0 aliphatic carbocycles. The second-order valence-electron chi connectivity index (χ2n) is 4.04. The van der Waals surface area contributed by atoms with E-state index in [4.69, 9.17) is 4.74 Å². The van der Waals surface area contributed by atoms with Gasteiger partial charge in [-0.3, -0.25) is 0 Å². The van der Waals surface area contributed by atoms with Crippen LogP contribution in [-0.4, -0.2) is 12.6 Å². The van der Waals surface area contributed by atoms with Gasteiger partial charge in [-0.25, -0.2) is 4.79 Å². The molecule has 0 radical (unpaired) electrons. The summed E-state index contributed by atoms with van der Waals surface area (Å²) in [6.45, 7) is 10.5. The Kier molecular flexibility index (Phi) is 1.78. The van der Waals surface area contributed by atoms with Crippen LogP contribution in [0.2, 0.25) is 0 Å². The van der Waals surface area contributed by atoms with Crippen molar-refractivity contribution in [1.82, 2.24) is 0 Å². The first-order chi connectivity index (χ1) is 4.93. The summed E-state index contributed by atoms with van der Waals surface area (Å²) >= 11 is 0. The Morgan fingerprint density at radius 1 is 1.55 bits per heavy atom. The molecule has 0 aromatic carbocycles. The Hall–Kier alpha value is -0.790. The van der Waals surface area contributed by atoms with Crippen molar-refractivity contribution in [3.8, 4) is 0 Å². The highest BCUT2D eigenvalue weighted by atomic mass is 16.5. The molecule has 0 amide bonds. The molecule has 0 N–H and O–H groups in total. The second kappa shape index (κ2) is 2.36. The summed E-state index contributed by atoms with van der Waals surface area (Å²) in [7, 11) is 0. The van der Waals surface area contributed by atoms with Crippen LogP contribution in [0.1, 0.15) is 20.8 Å². The molecule has 1 fully saturated rings. The third kappa shape index (κ3) is 1.44. The predicted octanol–water partition coefficient (Wildman–Crippen LogP) is 1.76. The maximum absolute atomic E-state index is 10.9. The first kappa shape index (κ1) is 8.31. The van der Waals surface area contributed by atoms with Crippen LogP contribution in [0.3, 0.4) is 0 Å². The monoisotopic (exact) mass is 154 g/mol. The predicted molar refractivity (Wildman–Crippen MR) is 43.0 cm³/mol. The van der Waals surface area contributed by atoms with Gasteiger partial charge in [0.05, 0.1) is 6.61 Å². The van der Waals surface area contributed by atoms with E-state index in [2.05, 4.69) is 27.4 Å². The van der Waals surface area contributed by atoms with E-state index in [-0.39, 0.29) is 17.3 Å². The summed E-state index contributed by atoms with van der Waals surface area (Å²) in [6.07, 6.45) is 0. The zero-order chi connectivity index (χ0) is 8.65. The van der Waals surface area contributed by atoms with Crippen LogP contribution in [0.4, 0.5) is 0 Å². The van der Waals surface area contributed by atoms with Crippen LogP contribution in [-0.2, 0) is 9.53 Å². The van der Waals surface area contributed by atoms with Gasteiger partial charge in [0.2, 0.25) is 0 Å². The van der Waals surface area contributed by atoms with Crippen molar-refractivity contribution in [3.63, 3.8) is 0 Å². The van der Waals surface area contributed by atoms with Gasteiger partial charge < -0.3 is 4.74 Å². The number of carbonyl (C=O) groups excluding carboxylic acids is 1. The summed E-state index contributed by atoms with van der Waals surface area (Å²) in [5.74, 6) is -0.0417. The number of esters is 1. The van der Waals surface area contributed by atoms with Crippen LogP contribution in [0, 0.1) is 11.3 Å². The lowest BCUT2D eigenvalue weighted by molar-refractivity contribution is -0.135. The Balaban J connectivity index is 2.78. The minimum Gasteiger partial charge on any atom is -0.462 e. The van der Waals surface area contributed by atoms with Crippen molar-refractivity contribution >= 4 is 5.97 Å². The molecule has 2 heteroatoms. The summed E-state index contributed by atoms with van der Waals surface area (Å²) in [5, 5.41) is 0. The number of rotatable bonds is 0. The molecule has 2 nitrogen and oxygen atoms in total. The van der Waals surface area contributed by atoms with Crippen LogP contribution in [0.15, 0.2) is 12.2 Å². The fraction of sp³-hybridized carbons (Fsp3) is 0.667. The molecule has 1 unspecified atom stereocenters. The van der Waals surface area contributed by atoms with E-state index in [1.54, 1.807) is 0 Å². The van der Waals surface area contributed by atoms with Gasteiger partial charge in [-0.05, 0) is 5.41 Å². The Morgan fingerprint density at radius 3 is 2.27 bits per heavy atom. The fourth-order valence-corrected chi connectivity index (χ4v) is 1.27. The average molecular weight is 154 g/mol. The molecule has 0 bridgehead atoms. The van der Waals surface area contributed by atoms with E-state index in [1.807, 2.05) is 0 Å². The van der Waals surface area contributed by atoms with Crippen molar-refractivity contribution in [3.05, 3.63) is 12.2 Å². The maximum atomic E-state index is 10.9. The molecule has 62 valence electrons. The largest absolute Gasteiger partial charge is 0.462 e. The molecule has 0 spiro atoms. The SMILES string of the molecule is C=C1C(=O)OCC1C(C)(C)C. The summed E-state index contributed by atoms with van der Waals surface area (Å²) in [6, 6.07) is 0. The summed E-state index contributed by atoms with van der Waals surface area (Å²) in [4.78, 5) is 10.9. The smallest absolute Gasteiger partial charge is 0.333 e. The first-order valence-corrected chi connectivity index (χ1v) is 3.79. The second-order valence-corrected chi connectivity index (χ2v) is 4.04. The molecule has 0 aromatic rings. The van der Waals surface area contributed by atoms with Crippen molar-refractivity contribution in [1.29, 1.82) is 0 Å². The number of carbonyl (C=O) groups is 1. The lowest BCUT2D eigenvalue weighted by Crippen LogP contribution is -2.21. The van der Waals surface area contributed by atoms with Gasteiger partial charge in [0.1, 0.15) is 0 Å². The van der Waals surface area contributed by atoms with E-state index in [9.17, 15) is 4.79 Å². The Morgan fingerprint density at radius 2 is 2.09 bits per heavy atom. The lowest BCUT2D eigenvalue weighted by atomic mass is 9.78. The van der Waals surface area contributed by atoms with Crippen LogP contribution in [0.5, 0.6) is 0 Å². The average Bonchev–Trinajstić information content (AvgIpc) is 2.11. The zero-order valence-corrected chi connectivity index (χ0v) is 7.31. The van der Waals surface area contributed by atoms with Crippen molar-refractivity contribution in [2.24, 2.45) is 11.3 Å². The van der Waals surface area contributed by atoms with Crippen LogP contribution in [0.25, 0.3) is 0 Å². The van der Waals surface area contributed by atoms with E-state index in [1.165, 1.54) is 0 Å². The summed E-state index contributed by atoms with van der Waals surface area (Å²) in [5.41, 5.74) is 0.709. The third-order valence-corrected chi connectivity index (χ3v) is 2.11. The van der Waals surface area contributed by atoms with Gasteiger partial charge in [-0.15, -0.1) is 0 Å². The number of cyclic esters (lactones) is 1. The Bertz CT molecular complexity index is 198. The van der Waals surface area contributed by atoms with Gasteiger partial charge in [0.15, 0.2) is 0 Å². The minimum absolute atomic E-state index is 0.0866. The fourth-order valence-electron chi connectivity index (χ4n) is 1.27. The van der Waals surface area contributed by atoms with Gasteiger partial charge >= 0.3 is 5.97 Å². The highest BCUT2D eigenvalue weighted by molar-refractivity contribution is 5.90. The van der Waals surface area contributed by atoms with E-state index < -0.39 is 0 Å². The number of hydrogen-bond donors (Lipinski definition) is 0. The molecule has 0 aromatic heterocycles. The first-order valence-electron chi connectivity index (χ1n) is 3.79. The standard InChI is InChI=1S/C9H14O2/c1-6-7(9(2,3)4)5-11-8(6)10/h7H,1,5H2,2-4H3. The molecule has 1 heterocycles. The molecular weight excluding hydrogens is 140 g/mol. The topological polar surface area (TPSA) is 26.3 Å². The molecular formula is C9H14O2. The minimum atomic E-state index is -0.232. The van der Waals surface area contributed by atoms with E-state index in [0.717, 1.165) is 0 Å². The zero-order valence-electron chi connectivity index (χ0n) is 7.31. The van der Waals surface area contributed by atoms with Gasteiger partial charge in [0.25, 0.3) is 0 Å². The van der Waals surface area contributed by atoms with Crippen LogP contribution >= 0.6 is 0 Å². The lowest BCUT2D eigenvalue weighted by Gasteiger charge is -2.24. The molecule has 1 atom stereocenters. The highest BCUT2D eigenvalue weighted by Crippen LogP contribution is 2.35. The molecule has 11 heavy (non-hydrogen) atoms. The molecule has 1 saturated heterocycles. The number of ether oxygens (including phenoxy) is 1. The van der Waals surface area contributed by atoms with E-state index in [0.29, 0.717) is 12.2 Å². The molecule has 1 rings (SSSR count). The van der Waals surface area contributed by atoms with Crippen molar-refractivity contribution < 1.29 is 9.53 Å². The van der Waals surface area contributed by atoms with Gasteiger partial charge in [-0.1, -0.05) is 27.4 Å².